The molecule has 1 saturated carbocycles. The molecule has 1 aliphatic carbocycles. The average Bonchev–Trinajstić information content (AvgIpc) is 3.16. The van der Waals surface area contributed by atoms with Crippen molar-refractivity contribution in [2.24, 2.45) is 5.92 Å². The average molecular weight is 493 g/mol. The topological polar surface area (TPSA) is 117 Å². The number of nitrogens with zero attached hydrogens (tertiary/aromatic N) is 4. The Labute approximate surface area is 192 Å². The number of nitrogens with one attached hydrogen (secondary N) is 3. The van der Waals surface area contributed by atoms with E-state index < -0.39 is 52.7 Å². The van der Waals surface area contributed by atoms with Crippen molar-refractivity contribution in [2.75, 3.05) is 5.32 Å². The van der Waals surface area contributed by atoms with E-state index in [0.717, 1.165) is 12.4 Å². The zero-order valence-corrected chi connectivity index (χ0v) is 17.8. The van der Waals surface area contributed by atoms with E-state index >= 15 is 4.39 Å². The van der Waals surface area contributed by atoms with Crippen LogP contribution in [0.3, 0.4) is 0 Å². The summed E-state index contributed by atoms with van der Waals surface area (Å²) in [5.41, 5.74) is -2.60. The predicted octanol–water partition coefficient (Wildman–Crippen LogP) is 3.53. The van der Waals surface area contributed by atoms with Crippen LogP contribution < -0.4 is 10.6 Å². The van der Waals surface area contributed by atoms with Crippen molar-refractivity contribution in [1.82, 2.24) is 29.9 Å². The van der Waals surface area contributed by atoms with E-state index in [9.17, 15) is 27.2 Å². The Hall–Kier alpha value is -4.10. The number of benzene rings is 1. The Bertz CT molecular complexity index is 1480. The lowest BCUT2D eigenvalue weighted by Crippen LogP contribution is -2.21. The Morgan fingerprint density at radius 2 is 2.06 bits per heavy atom. The van der Waals surface area contributed by atoms with E-state index in [2.05, 4.69) is 30.8 Å². The number of imidazole rings is 1. The van der Waals surface area contributed by atoms with Gasteiger partial charge >= 0.3 is 6.18 Å². The van der Waals surface area contributed by atoms with E-state index in [4.69, 9.17) is 0 Å². The molecular weight excluding hydrogens is 477 g/mol. The summed E-state index contributed by atoms with van der Waals surface area (Å²) in [4.78, 5) is 31.0. The maximum absolute atomic E-state index is 15.4. The zero-order chi connectivity index (χ0) is 25.1. The van der Waals surface area contributed by atoms with Crippen LogP contribution in [0.1, 0.15) is 30.5 Å². The van der Waals surface area contributed by atoms with Crippen molar-refractivity contribution in [1.29, 1.82) is 0 Å². The van der Waals surface area contributed by atoms with Crippen LogP contribution in [0.25, 0.3) is 27.8 Å². The second-order valence-electron chi connectivity index (χ2n) is 8.15. The van der Waals surface area contributed by atoms with Crippen LogP contribution >= 0.6 is 0 Å². The van der Waals surface area contributed by atoms with Gasteiger partial charge in [0.05, 0.1) is 41.8 Å². The van der Waals surface area contributed by atoms with Gasteiger partial charge in [0, 0.05) is 22.7 Å². The standard InChI is InChI=1S/C21H16F5N7O2/c1-8(28-7-34)15-18(23)17(21(24,25)26)16(10-3-29-32-19(10)15)12-5-33-6-13(30-14(33)4-27-12)31-20(35)9-2-11(9)22/h3-9,11H,2H2,1H3,(H,28,34)(H,29,32)(H,31,35)/t8?,9-,11+/m1/s1. The fraction of sp³-hybridized carbons (Fsp3) is 0.286. The van der Waals surface area contributed by atoms with Crippen LogP contribution in [0.4, 0.5) is 27.8 Å². The number of halogens is 5. The van der Waals surface area contributed by atoms with Crippen molar-refractivity contribution in [3.8, 4) is 11.3 Å². The van der Waals surface area contributed by atoms with Crippen LogP contribution in [0.2, 0.25) is 0 Å². The van der Waals surface area contributed by atoms with E-state index in [-0.39, 0.29) is 40.9 Å². The molecule has 3 N–H and O–H groups in total. The number of carbonyl (C=O) groups is 2. The highest BCUT2D eigenvalue weighted by Crippen LogP contribution is 2.45. The predicted molar refractivity (Wildman–Crippen MR) is 112 cm³/mol. The number of H-pyrrole nitrogens is 1. The molecule has 1 aromatic carbocycles. The molecule has 182 valence electrons. The van der Waals surface area contributed by atoms with Gasteiger partial charge in [-0.05, 0) is 13.3 Å². The Balaban J connectivity index is 1.66. The number of rotatable bonds is 6. The molecule has 1 fully saturated rings. The highest BCUT2D eigenvalue weighted by molar-refractivity contribution is 5.98. The van der Waals surface area contributed by atoms with Crippen molar-refractivity contribution < 1.29 is 31.5 Å². The van der Waals surface area contributed by atoms with Gasteiger partial charge in [0.2, 0.25) is 12.3 Å². The summed E-state index contributed by atoms with van der Waals surface area (Å²) in [6.07, 6.45) is -1.13. The molecule has 5 rings (SSSR count). The van der Waals surface area contributed by atoms with Crippen molar-refractivity contribution in [3.05, 3.63) is 41.7 Å². The molecule has 3 heterocycles. The van der Waals surface area contributed by atoms with E-state index in [0.29, 0.717) is 0 Å². The molecule has 14 heteroatoms. The lowest BCUT2D eigenvalue weighted by Gasteiger charge is -2.20. The lowest BCUT2D eigenvalue weighted by molar-refractivity contribution is -0.139. The second kappa shape index (κ2) is 7.99. The summed E-state index contributed by atoms with van der Waals surface area (Å²) >= 11 is 0. The van der Waals surface area contributed by atoms with Crippen LogP contribution in [0.15, 0.2) is 24.8 Å². The van der Waals surface area contributed by atoms with Crippen molar-refractivity contribution >= 4 is 34.7 Å². The van der Waals surface area contributed by atoms with Gasteiger partial charge in [-0.3, -0.25) is 19.7 Å². The third-order valence-electron chi connectivity index (χ3n) is 5.82. The van der Waals surface area contributed by atoms with Crippen molar-refractivity contribution in [2.45, 2.75) is 31.7 Å². The molecule has 0 bridgehead atoms. The molecule has 3 atom stereocenters. The van der Waals surface area contributed by atoms with Crippen LogP contribution in [-0.2, 0) is 15.8 Å². The Morgan fingerprint density at radius 1 is 1.31 bits per heavy atom. The maximum Gasteiger partial charge on any atom is 0.419 e. The fourth-order valence-electron chi connectivity index (χ4n) is 4.04. The number of fused-ring (bicyclic) bond motifs is 2. The summed E-state index contributed by atoms with van der Waals surface area (Å²) in [6, 6.07) is -1.09. The van der Waals surface area contributed by atoms with E-state index in [1.54, 1.807) is 0 Å². The van der Waals surface area contributed by atoms with Gasteiger partial charge in [0.1, 0.15) is 17.6 Å². The normalized spacial score (nSPS) is 18.6. The van der Waals surface area contributed by atoms with Gasteiger partial charge in [-0.15, -0.1) is 0 Å². The molecule has 1 aliphatic rings. The minimum absolute atomic E-state index is 0.0296. The number of anilines is 1. The van der Waals surface area contributed by atoms with Crippen LogP contribution in [0, 0.1) is 11.7 Å². The first kappa shape index (κ1) is 22.7. The van der Waals surface area contributed by atoms with Crippen LogP contribution in [-0.4, -0.2) is 43.1 Å². The lowest BCUT2D eigenvalue weighted by atomic mass is 9.93. The van der Waals surface area contributed by atoms with Gasteiger partial charge < -0.3 is 15.0 Å². The fourth-order valence-corrected chi connectivity index (χ4v) is 4.04. The number of carbonyl (C=O) groups excluding carboxylic acids is 2. The molecule has 3 aromatic heterocycles. The maximum atomic E-state index is 15.4. The third kappa shape index (κ3) is 3.84. The highest BCUT2D eigenvalue weighted by Gasteiger charge is 2.44. The summed E-state index contributed by atoms with van der Waals surface area (Å²) in [5.74, 6) is -2.82. The summed E-state index contributed by atoms with van der Waals surface area (Å²) < 4.78 is 72.3. The molecule has 35 heavy (non-hydrogen) atoms. The number of aromatic nitrogens is 5. The summed E-state index contributed by atoms with van der Waals surface area (Å²) in [6.45, 7) is 1.34. The molecule has 0 radical (unpaired) electrons. The highest BCUT2D eigenvalue weighted by atomic mass is 19.4. The number of hydrogen-bond donors (Lipinski definition) is 3. The largest absolute Gasteiger partial charge is 0.419 e. The molecule has 4 aromatic rings. The number of hydrogen-bond acceptors (Lipinski definition) is 5. The summed E-state index contributed by atoms with van der Waals surface area (Å²) in [7, 11) is 0. The summed E-state index contributed by atoms with van der Waals surface area (Å²) in [5, 5.41) is 10.9. The zero-order valence-electron chi connectivity index (χ0n) is 17.8. The Kier molecular flexibility index (Phi) is 5.18. The van der Waals surface area contributed by atoms with Gasteiger partial charge in [0.25, 0.3) is 0 Å². The molecule has 0 spiro atoms. The first-order chi connectivity index (χ1) is 16.6. The minimum Gasteiger partial charge on any atom is -0.352 e. The quantitative estimate of drug-likeness (QED) is 0.281. The second-order valence-corrected chi connectivity index (χ2v) is 8.15. The SMILES string of the molecule is CC(NC=O)c1c(F)c(C(F)(F)F)c(-c2cn3cc(NC(=O)[C@@H]4C[C@@H]4F)nc3cn2)c2cn[nH]c12. The number of alkyl halides is 4. The molecule has 0 saturated heterocycles. The first-order valence-corrected chi connectivity index (χ1v) is 10.4. The van der Waals surface area contributed by atoms with Gasteiger partial charge in [-0.1, -0.05) is 0 Å². The van der Waals surface area contributed by atoms with Gasteiger partial charge in [-0.2, -0.15) is 18.3 Å². The first-order valence-electron chi connectivity index (χ1n) is 10.4. The smallest absolute Gasteiger partial charge is 0.352 e. The van der Waals surface area contributed by atoms with E-state index in [1.165, 1.54) is 23.7 Å². The third-order valence-corrected chi connectivity index (χ3v) is 5.82. The van der Waals surface area contributed by atoms with Gasteiger partial charge in [0.15, 0.2) is 11.5 Å². The van der Waals surface area contributed by atoms with E-state index in [1.807, 2.05) is 0 Å². The Morgan fingerprint density at radius 3 is 2.71 bits per heavy atom. The molecule has 0 aliphatic heterocycles. The minimum atomic E-state index is -5.11. The monoisotopic (exact) mass is 493 g/mol. The molecular formula is C21H16F5N7O2. The molecule has 9 nitrogen and oxygen atoms in total. The van der Waals surface area contributed by atoms with Crippen molar-refractivity contribution in [3.63, 3.8) is 0 Å². The molecule has 1 unspecified atom stereocenters. The number of amides is 2. The molecule has 2 amide bonds. The van der Waals surface area contributed by atoms with Gasteiger partial charge in [-0.25, -0.2) is 13.8 Å². The number of aromatic amines is 1. The van der Waals surface area contributed by atoms with Crippen LogP contribution in [0.5, 0.6) is 0 Å².